The molecule has 0 bridgehead atoms. The third-order valence-corrected chi connectivity index (χ3v) is 5.55. The molecular weight excluding hydrogens is 414 g/mol. The van der Waals surface area contributed by atoms with Gasteiger partial charge >= 0.3 is 5.69 Å². The molecule has 1 N–H and O–H groups in total. The number of fused-ring (bicyclic) bond motifs is 1. The van der Waals surface area contributed by atoms with Crippen LogP contribution in [0, 0.1) is 11.6 Å². The average Bonchev–Trinajstić information content (AvgIpc) is 3.05. The van der Waals surface area contributed by atoms with E-state index >= 15 is 0 Å². The van der Waals surface area contributed by atoms with Crippen LogP contribution in [0.1, 0.15) is 35.7 Å². The van der Waals surface area contributed by atoms with Gasteiger partial charge in [-0.2, -0.15) is 5.10 Å². The molecule has 1 aromatic heterocycles. The highest BCUT2D eigenvalue weighted by Crippen LogP contribution is 2.25. The number of hydrogen-bond donors (Lipinski definition) is 1. The van der Waals surface area contributed by atoms with Gasteiger partial charge in [0, 0.05) is 23.7 Å². The van der Waals surface area contributed by atoms with Crippen LogP contribution in [0.4, 0.5) is 8.78 Å². The maximum atomic E-state index is 13.8. The van der Waals surface area contributed by atoms with E-state index in [4.69, 9.17) is 11.6 Å². The van der Waals surface area contributed by atoms with Crippen molar-refractivity contribution >= 4 is 17.5 Å². The summed E-state index contributed by atoms with van der Waals surface area (Å²) in [4.78, 5) is 25.5. The number of carbonyl (C=O) groups excluding carboxylic acids is 1. The Kier molecular flexibility index (Phi) is 5.67. The first-order valence-corrected chi connectivity index (χ1v) is 9.94. The van der Waals surface area contributed by atoms with Crippen molar-refractivity contribution in [1.29, 1.82) is 0 Å². The maximum absolute atomic E-state index is 13.8. The van der Waals surface area contributed by atoms with Crippen LogP contribution in [0.2, 0.25) is 5.02 Å². The van der Waals surface area contributed by atoms with E-state index in [9.17, 15) is 18.4 Å². The predicted octanol–water partition coefficient (Wildman–Crippen LogP) is 3.22. The largest absolute Gasteiger partial charge is 0.351 e. The summed E-state index contributed by atoms with van der Waals surface area (Å²) in [5.41, 5.74) is 0.587. The molecule has 2 aromatic carbocycles. The number of nitrogens with zero attached hydrogens (tertiary/aromatic N) is 3. The third-order valence-electron chi connectivity index (χ3n) is 5.20. The van der Waals surface area contributed by atoms with E-state index in [1.807, 2.05) is 0 Å². The van der Waals surface area contributed by atoms with Gasteiger partial charge < -0.3 is 5.32 Å². The summed E-state index contributed by atoms with van der Waals surface area (Å²) in [7, 11) is 0. The molecule has 4 rings (SSSR count). The molecule has 1 amide bonds. The van der Waals surface area contributed by atoms with Gasteiger partial charge in [-0.25, -0.2) is 18.3 Å². The second-order valence-electron chi connectivity index (χ2n) is 7.19. The zero-order valence-corrected chi connectivity index (χ0v) is 16.7. The number of hydrogen-bond acceptors (Lipinski definition) is 3. The van der Waals surface area contributed by atoms with Crippen LogP contribution in [0.25, 0.3) is 0 Å². The van der Waals surface area contributed by atoms with Crippen molar-refractivity contribution in [2.75, 3.05) is 0 Å². The van der Waals surface area contributed by atoms with E-state index in [-0.39, 0.29) is 35.5 Å². The lowest BCUT2D eigenvalue weighted by molar-refractivity contribution is -0.123. The molecule has 3 aromatic rings. The van der Waals surface area contributed by atoms with Crippen LogP contribution in [0.5, 0.6) is 0 Å². The Morgan fingerprint density at radius 1 is 1.20 bits per heavy atom. The highest BCUT2D eigenvalue weighted by Gasteiger charge is 2.31. The molecule has 2 heterocycles. The van der Waals surface area contributed by atoms with Gasteiger partial charge in [0.05, 0.1) is 12.5 Å². The maximum Gasteiger partial charge on any atom is 0.346 e. The van der Waals surface area contributed by atoms with E-state index in [0.717, 1.165) is 0 Å². The minimum atomic E-state index is -0.608. The summed E-state index contributed by atoms with van der Waals surface area (Å²) in [6, 6.07) is 10.2. The molecule has 0 spiro atoms. The van der Waals surface area contributed by atoms with Crippen LogP contribution in [0.3, 0.4) is 0 Å². The zero-order chi connectivity index (χ0) is 21.3. The fraction of sp³-hybridized carbons (Fsp3) is 0.286. The summed E-state index contributed by atoms with van der Waals surface area (Å²) >= 11 is 6.07. The fourth-order valence-electron chi connectivity index (χ4n) is 3.62. The van der Waals surface area contributed by atoms with Crippen molar-refractivity contribution in [2.24, 2.45) is 0 Å². The molecule has 1 atom stereocenters. The standard InChI is InChI=1S/C21H19ClF2N4O2/c22-17-10-15(23)8-7-14(17)12-28-21(30)27-9-3-5-16(19(27)26-28)20(29)25-11-13-4-1-2-6-18(13)24/h1-2,4,6-8,10,16H,3,5,9,11-12H2,(H,25,29). The van der Waals surface area contributed by atoms with Gasteiger partial charge in [-0.15, -0.1) is 0 Å². The molecule has 9 heteroatoms. The molecule has 0 aliphatic carbocycles. The first-order chi connectivity index (χ1) is 14.4. The molecule has 6 nitrogen and oxygen atoms in total. The normalized spacial score (nSPS) is 15.6. The van der Waals surface area contributed by atoms with Gasteiger partial charge in [-0.3, -0.25) is 9.36 Å². The van der Waals surface area contributed by atoms with Crippen molar-refractivity contribution in [2.45, 2.75) is 38.4 Å². The quantitative estimate of drug-likeness (QED) is 0.673. The minimum absolute atomic E-state index is 0.0537. The summed E-state index contributed by atoms with van der Waals surface area (Å²) in [5, 5.41) is 7.30. The Morgan fingerprint density at radius 2 is 2.00 bits per heavy atom. The lowest BCUT2D eigenvalue weighted by Crippen LogP contribution is -2.35. The highest BCUT2D eigenvalue weighted by molar-refractivity contribution is 6.31. The summed E-state index contributed by atoms with van der Waals surface area (Å²) in [6.07, 6.45) is 1.19. The van der Waals surface area contributed by atoms with Crippen LogP contribution < -0.4 is 11.0 Å². The number of nitrogens with one attached hydrogen (secondary N) is 1. The lowest BCUT2D eigenvalue weighted by atomic mass is 9.98. The second-order valence-corrected chi connectivity index (χ2v) is 7.60. The van der Waals surface area contributed by atoms with E-state index in [1.165, 1.54) is 33.5 Å². The summed E-state index contributed by atoms with van der Waals surface area (Å²) < 4.78 is 29.8. The predicted molar refractivity (Wildman–Crippen MR) is 107 cm³/mol. The number of halogens is 3. The Bertz CT molecular complexity index is 1160. The van der Waals surface area contributed by atoms with Crippen molar-refractivity contribution < 1.29 is 13.6 Å². The molecule has 30 heavy (non-hydrogen) atoms. The van der Waals surface area contributed by atoms with Crippen molar-refractivity contribution in [3.63, 3.8) is 0 Å². The Hall–Kier alpha value is -3.00. The first-order valence-electron chi connectivity index (χ1n) is 9.56. The number of rotatable bonds is 5. The molecule has 156 valence electrons. The smallest absolute Gasteiger partial charge is 0.346 e. The monoisotopic (exact) mass is 432 g/mol. The Labute approximate surface area is 176 Å². The van der Waals surface area contributed by atoms with E-state index in [2.05, 4.69) is 10.4 Å². The van der Waals surface area contributed by atoms with E-state index in [0.29, 0.717) is 36.3 Å². The molecule has 0 saturated heterocycles. The zero-order valence-electron chi connectivity index (χ0n) is 15.9. The molecule has 0 radical (unpaired) electrons. The molecular formula is C21H19ClF2N4O2. The summed E-state index contributed by atoms with van der Waals surface area (Å²) in [6.45, 7) is 0.585. The van der Waals surface area contributed by atoms with Gasteiger partial charge in [0.1, 0.15) is 17.5 Å². The first kappa shape index (κ1) is 20.3. The van der Waals surface area contributed by atoms with Gasteiger partial charge in [-0.05, 0) is 36.6 Å². The van der Waals surface area contributed by atoms with Gasteiger partial charge in [-0.1, -0.05) is 35.9 Å². The minimum Gasteiger partial charge on any atom is -0.351 e. The van der Waals surface area contributed by atoms with Crippen LogP contribution in [-0.4, -0.2) is 20.3 Å². The Morgan fingerprint density at radius 3 is 2.77 bits per heavy atom. The molecule has 1 aliphatic rings. The number of aromatic nitrogens is 3. The molecule has 1 unspecified atom stereocenters. The van der Waals surface area contributed by atoms with Crippen LogP contribution >= 0.6 is 11.6 Å². The van der Waals surface area contributed by atoms with Crippen molar-refractivity contribution in [3.8, 4) is 0 Å². The van der Waals surface area contributed by atoms with Crippen molar-refractivity contribution in [1.82, 2.24) is 19.7 Å². The number of benzene rings is 2. The Balaban J connectivity index is 1.55. The fourth-order valence-corrected chi connectivity index (χ4v) is 3.85. The number of amides is 1. The summed E-state index contributed by atoms with van der Waals surface area (Å²) in [5.74, 6) is -1.40. The average molecular weight is 433 g/mol. The molecule has 0 fully saturated rings. The van der Waals surface area contributed by atoms with Crippen LogP contribution in [0.15, 0.2) is 47.3 Å². The van der Waals surface area contributed by atoms with Gasteiger partial charge in [0.15, 0.2) is 0 Å². The SMILES string of the molecule is O=C(NCc1ccccc1F)C1CCCn2c1nn(Cc1ccc(F)cc1Cl)c2=O. The topological polar surface area (TPSA) is 68.9 Å². The number of carbonyl (C=O) groups is 1. The van der Waals surface area contributed by atoms with E-state index < -0.39 is 11.7 Å². The third kappa shape index (κ3) is 4.00. The van der Waals surface area contributed by atoms with Gasteiger partial charge in [0.2, 0.25) is 5.91 Å². The second kappa shape index (κ2) is 8.39. The van der Waals surface area contributed by atoms with E-state index in [1.54, 1.807) is 18.2 Å². The highest BCUT2D eigenvalue weighted by atomic mass is 35.5. The molecule has 0 saturated carbocycles. The van der Waals surface area contributed by atoms with Gasteiger partial charge in [0.25, 0.3) is 0 Å². The molecule has 1 aliphatic heterocycles. The van der Waals surface area contributed by atoms with Crippen molar-refractivity contribution in [3.05, 3.63) is 86.6 Å². The lowest BCUT2D eigenvalue weighted by Gasteiger charge is -2.21. The van der Waals surface area contributed by atoms with Crippen LogP contribution in [-0.2, 0) is 24.4 Å².